The molecule has 176 valence electrons. The summed E-state index contributed by atoms with van der Waals surface area (Å²) in [5.74, 6) is -1.10. The zero-order valence-electron chi connectivity index (χ0n) is 19.2. The summed E-state index contributed by atoms with van der Waals surface area (Å²) in [6.45, 7) is 5.77. The standard InChI is InChI=1S/C29H32F4/c1-3-5-6-7-24-25(30)16-23(17-26(24)31)29-27(32)14-22(15-28(29)33)21-11-10-19-12-18(4-2)8-9-20(19)13-21/h3-5,14-21H,2,6-13H2,1H3/b5-3+. The van der Waals surface area contributed by atoms with E-state index < -0.39 is 23.3 Å². The zero-order valence-corrected chi connectivity index (χ0v) is 19.2. The third-order valence-electron chi connectivity index (χ3n) is 7.75. The van der Waals surface area contributed by atoms with Crippen LogP contribution in [0.25, 0.3) is 11.1 Å². The van der Waals surface area contributed by atoms with E-state index in [-0.39, 0.29) is 29.0 Å². The lowest BCUT2D eigenvalue weighted by Crippen LogP contribution is -2.30. The first-order valence-electron chi connectivity index (χ1n) is 12.1. The lowest BCUT2D eigenvalue weighted by atomic mass is 9.64. The van der Waals surface area contributed by atoms with Gasteiger partial charge in [0, 0.05) is 5.56 Å². The van der Waals surface area contributed by atoms with Gasteiger partial charge in [0.15, 0.2) is 0 Å². The van der Waals surface area contributed by atoms with E-state index in [1.165, 1.54) is 18.6 Å². The molecule has 4 unspecified atom stereocenters. The molecule has 2 aromatic carbocycles. The minimum atomic E-state index is -0.772. The molecular formula is C29H32F4. The molecule has 0 aromatic heterocycles. The number of fused-ring (bicyclic) bond motifs is 1. The molecule has 0 N–H and O–H groups in total. The van der Waals surface area contributed by atoms with Gasteiger partial charge in [0.2, 0.25) is 0 Å². The smallest absolute Gasteiger partial charge is 0.134 e. The van der Waals surface area contributed by atoms with Crippen LogP contribution in [0.15, 0.2) is 49.1 Å². The van der Waals surface area contributed by atoms with Gasteiger partial charge < -0.3 is 0 Å². The largest absolute Gasteiger partial charge is 0.207 e. The first kappa shape index (κ1) is 23.8. The topological polar surface area (TPSA) is 0 Å². The molecule has 2 aliphatic carbocycles. The number of allylic oxidation sites excluding steroid dienone is 3. The van der Waals surface area contributed by atoms with Crippen molar-refractivity contribution in [3.05, 3.63) is 83.5 Å². The molecule has 2 saturated carbocycles. The molecule has 2 fully saturated rings. The average Bonchev–Trinajstić information content (AvgIpc) is 2.79. The Morgan fingerprint density at radius 3 is 2.12 bits per heavy atom. The quantitative estimate of drug-likeness (QED) is 0.301. The van der Waals surface area contributed by atoms with Crippen LogP contribution >= 0.6 is 0 Å². The summed E-state index contributed by atoms with van der Waals surface area (Å²) in [7, 11) is 0. The molecular weight excluding hydrogens is 424 g/mol. The highest BCUT2D eigenvalue weighted by Crippen LogP contribution is 2.48. The highest BCUT2D eigenvalue weighted by molar-refractivity contribution is 5.66. The number of rotatable bonds is 6. The highest BCUT2D eigenvalue weighted by atomic mass is 19.1. The minimum Gasteiger partial charge on any atom is -0.207 e. The summed E-state index contributed by atoms with van der Waals surface area (Å²) in [6, 6.07) is 4.82. The lowest BCUT2D eigenvalue weighted by molar-refractivity contribution is 0.133. The lowest BCUT2D eigenvalue weighted by Gasteiger charge is -2.41. The van der Waals surface area contributed by atoms with Crippen LogP contribution in [-0.2, 0) is 6.42 Å². The monoisotopic (exact) mass is 456 g/mol. The Morgan fingerprint density at radius 2 is 1.48 bits per heavy atom. The van der Waals surface area contributed by atoms with E-state index in [1.807, 2.05) is 19.1 Å². The van der Waals surface area contributed by atoms with Crippen molar-refractivity contribution >= 4 is 0 Å². The van der Waals surface area contributed by atoms with Crippen molar-refractivity contribution in [1.29, 1.82) is 0 Å². The predicted molar refractivity (Wildman–Crippen MR) is 126 cm³/mol. The van der Waals surface area contributed by atoms with E-state index in [0.29, 0.717) is 29.7 Å². The van der Waals surface area contributed by atoms with Crippen molar-refractivity contribution in [3.63, 3.8) is 0 Å². The van der Waals surface area contributed by atoms with Gasteiger partial charge in [0.25, 0.3) is 0 Å². The number of hydrogen-bond donors (Lipinski definition) is 0. The summed E-state index contributed by atoms with van der Waals surface area (Å²) in [5.41, 5.74) is 0.128. The molecule has 0 radical (unpaired) electrons. The number of halogens is 4. The molecule has 4 heteroatoms. The van der Waals surface area contributed by atoms with Crippen LogP contribution in [0.4, 0.5) is 17.6 Å². The van der Waals surface area contributed by atoms with Crippen molar-refractivity contribution in [2.45, 2.75) is 64.2 Å². The third-order valence-corrected chi connectivity index (χ3v) is 7.75. The van der Waals surface area contributed by atoms with E-state index in [1.54, 1.807) is 0 Å². The van der Waals surface area contributed by atoms with Crippen LogP contribution in [0.1, 0.15) is 68.9 Å². The van der Waals surface area contributed by atoms with Crippen LogP contribution in [0.3, 0.4) is 0 Å². The first-order chi connectivity index (χ1) is 15.9. The van der Waals surface area contributed by atoms with Crippen LogP contribution in [-0.4, -0.2) is 0 Å². The second-order valence-electron chi connectivity index (χ2n) is 9.72. The molecule has 0 amide bonds. The van der Waals surface area contributed by atoms with Gasteiger partial charge in [-0.3, -0.25) is 0 Å². The van der Waals surface area contributed by atoms with E-state index in [9.17, 15) is 8.78 Å². The number of hydrogen-bond acceptors (Lipinski definition) is 0. The number of benzene rings is 2. The third kappa shape index (κ3) is 5.10. The van der Waals surface area contributed by atoms with E-state index in [0.717, 1.165) is 44.2 Å². The van der Waals surface area contributed by atoms with Gasteiger partial charge in [-0.25, -0.2) is 17.6 Å². The van der Waals surface area contributed by atoms with Crippen LogP contribution in [0, 0.1) is 41.0 Å². The SMILES string of the molecule is C=CC1CCC2CC(c3cc(F)c(-c4cc(F)c(CC/C=C/C)c(F)c4)c(F)c3)CCC2C1. The molecule has 0 heterocycles. The zero-order chi connectivity index (χ0) is 23.5. The van der Waals surface area contributed by atoms with Crippen molar-refractivity contribution in [2.24, 2.45) is 17.8 Å². The molecule has 0 spiro atoms. The Morgan fingerprint density at radius 1 is 0.848 bits per heavy atom. The maximum atomic E-state index is 15.1. The molecule has 0 bridgehead atoms. The van der Waals surface area contributed by atoms with Crippen molar-refractivity contribution in [1.82, 2.24) is 0 Å². The molecule has 33 heavy (non-hydrogen) atoms. The predicted octanol–water partition coefficient (Wildman–Crippen LogP) is 8.90. The summed E-state index contributed by atoms with van der Waals surface area (Å²) in [4.78, 5) is 0. The Hall–Kier alpha value is -2.36. The van der Waals surface area contributed by atoms with Crippen molar-refractivity contribution in [3.8, 4) is 11.1 Å². The Labute approximate surface area is 194 Å². The first-order valence-corrected chi connectivity index (χ1v) is 12.1. The van der Waals surface area contributed by atoms with E-state index in [4.69, 9.17) is 0 Å². The minimum absolute atomic E-state index is 0.0581. The summed E-state index contributed by atoms with van der Waals surface area (Å²) in [6.07, 6.45) is 12.8. The van der Waals surface area contributed by atoms with Gasteiger partial charge in [0.05, 0.1) is 5.56 Å². The Balaban J connectivity index is 1.55. The van der Waals surface area contributed by atoms with Gasteiger partial charge in [0.1, 0.15) is 23.3 Å². The van der Waals surface area contributed by atoms with E-state index >= 15 is 8.78 Å². The molecule has 4 atom stereocenters. The average molecular weight is 457 g/mol. The van der Waals surface area contributed by atoms with Gasteiger partial charge >= 0.3 is 0 Å². The highest BCUT2D eigenvalue weighted by Gasteiger charge is 2.35. The molecule has 2 aliphatic rings. The van der Waals surface area contributed by atoms with E-state index in [2.05, 4.69) is 12.7 Å². The fourth-order valence-corrected chi connectivity index (χ4v) is 5.93. The van der Waals surface area contributed by atoms with Crippen LogP contribution in [0.2, 0.25) is 0 Å². The van der Waals surface area contributed by atoms with Gasteiger partial charge in [-0.1, -0.05) is 18.2 Å². The fourth-order valence-electron chi connectivity index (χ4n) is 5.93. The second-order valence-corrected chi connectivity index (χ2v) is 9.72. The molecule has 0 nitrogen and oxygen atoms in total. The summed E-state index contributed by atoms with van der Waals surface area (Å²) in [5, 5.41) is 0. The molecule has 0 saturated heterocycles. The summed E-state index contributed by atoms with van der Waals surface area (Å²) >= 11 is 0. The van der Waals surface area contributed by atoms with Crippen molar-refractivity contribution in [2.75, 3.05) is 0 Å². The molecule has 4 rings (SSSR count). The molecule has 2 aromatic rings. The Kier molecular flexibility index (Phi) is 7.41. The molecule has 0 aliphatic heterocycles. The second kappa shape index (κ2) is 10.3. The fraction of sp³-hybridized carbons (Fsp3) is 0.448. The Bertz CT molecular complexity index is 992. The van der Waals surface area contributed by atoms with Gasteiger partial charge in [-0.05, 0) is 117 Å². The van der Waals surface area contributed by atoms with Crippen molar-refractivity contribution < 1.29 is 17.6 Å². The van der Waals surface area contributed by atoms with Crippen LogP contribution in [0.5, 0.6) is 0 Å². The maximum Gasteiger partial charge on any atom is 0.134 e. The summed E-state index contributed by atoms with van der Waals surface area (Å²) < 4.78 is 59.3. The van der Waals surface area contributed by atoms with Gasteiger partial charge in [-0.15, -0.1) is 6.58 Å². The van der Waals surface area contributed by atoms with Crippen LogP contribution < -0.4 is 0 Å². The van der Waals surface area contributed by atoms with Gasteiger partial charge in [-0.2, -0.15) is 0 Å². The maximum absolute atomic E-state index is 15.1. The normalized spacial score (nSPS) is 25.2.